The number of fused-ring (bicyclic) bond motifs is 1. The lowest BCUT2D eigenvalue weighted by Gasteiger charge is -2.16. The number of hydrogen-bond acceptors (Lipinski definition) is 7. The number of alkyl halides is 2. The molecule has 5 rings (SSSR count). The van der Waals surface area contributed by atoms with Crippen molar-refractivity contribution >= 4 is 5.78 Å². The molecule has 1 aromatic heterocycles. The molecule has 3 aromatic rings. The van der Waals surface area contributed by atoms with E-state index in [1.54, 1.807) is 24.3 Å². The number of aliphatic hydroxyl groups excluding tert-OH is 2. The summed E-state index contributed by atoms with van der Waals surface area (Å²) in [7, 11) is 0. The molecule has 2 heterocycles. The topological polar surface area (TPSA) is 98.1 Å². The molecule has 0 radical (unpaired) electrons. The van der Waals surface area contributed by atoms with Crippen molar-refractivity contribution in [2.75, 3.05) is 13.2 Å². The molecular weight excluding hydrogens is 472 g/mol. The van der Waals surface area contributed by atoms with Crippen LogP contribution in [0.15, 0.2) is 54.6 Å². The van der Waals surface area contributed by atoms with Gasteiger partial charge >= 0.3 is 6.29 Å². The van der Waals surface area contributed by atoms with Crippen LogP contribution in [-0.4, -0.2) is 46.6 Å². The lowest BCUT2D eigenvalue weighted by Crippen LogP contribution is -2.26. The highest BCUT2D eigenvalue weighted by molar-refractivity contribution is 5.94. The molecule has 1 atom stereocenters. The third kappa shape index (κ3) is 4.76. The fraction of sp³-hybridized carbons (Fsp3) is 0.333. The number of ether oxygens (including phenoxy) is 3. The average Bonchev–Trinajstić information content (AvgIpc) is 3.61. The van der Waals surface area contributed by atoms with Gasteiger partial charge < -0.3 is 24.4 Å². The molecule has 1 aliphatic heterocycles. The van der Waals surface area contributed by atoms with Crippen molar-refractivity contribution in [3.05, 3.63) is 71.4 Å². The number of aryl methyl sites for hydroxylation is 1. The number of carbonyl (C=O) groups excluding carboxylic acids is 1. The van der Waals surface area contributed by atoms with E-state index in [0.29, 0.717) is 35.5 Å². The minimum Gasteiger partial charge on any atom is -0.491 e. The maximum atomic E-state index is 13.4. The lowest BCUT2D eigenvalue weighted by atomic mass is 9.88. The Labute approximate surface area is 206 Å². The molecule has 2 N–H and O–H groups in total. The van der Waals surface area contributed by atoms with Gasteiger partial charge in [-0.15, -0.1) is 8.78 Å². The van der Waals surface area contributed by atoms with E-state index in [0.717, 1.165) is 11.1 Å². The highest BCUT2D eigenvalue weighted by atomic mass is 19.3. The quantitative estimate of drug-likeness (QED) is 0.462. The van der Waals surface area contributed by atoms with Gasteiger partial charge in [-0.1, -0.05) is 24.3 Å². The van der Waals surface area contributed by atoms with E-state index < -0.39 is 24.4 Å². The van der Waals surface area contributed by atoms with Crippen LogP contribution in [0.4, 0.5) is 8.78 Å². The van der Waals surface area contributed by atoms with Crippen LogP contribution in [0.1, 0.15) is 29.7 Å². The Kier molecular flexibility index (Phi) is 6.13. The van der Waals surface area contributed by atoms with Gasteiger partial charge in [-0.25, -0.2) is 0 Å². The van der Waals surface area contributed by atoms with Gasteiger partial charge in [-0.05, 0) is 61.2 Å². The largest absolute Gasteiger partial charge is 0.586 e. The molecule has 0 saturated heterocycles. The van der Waals surface area contributed by atoms with Crippen LogP contribution >= 0.6 is 0 Å². The summed E-state index contributed by atoms with van der Waals surface area (Å²) in [6.07, 6.45) is -3.33. The minimum atomic E-state index is -3.70. The number of pyridine rings is 1. The van der Waals surface area contributed by atoms with E-state index >= 15 is 0 Å². The fourth-order valence-electron chi connectivity index (χ4n) is 4.37. The van der Waals surface area contributed by atoms with Gasteiger partial charge in [0, 0.05) is 17.7 Å². The van der Waals surface area contributed by atoms with Gasteiger partial charge in [0.1, 0.15) is 24.2 Å². The van der Waals surface area contributed by atoms with E-state index in [-0.39, 0.29) is 30.3 Å². The zero-order chi connectivity index (χ0) is 25.5. The monoisotopic (exact) mass is 497 g/mol. The summed E-state index contributed by atoms with van der Waals surface area (Å²) < 4.78 is 41.4. The number of rotatable bonds is 9. The van der Waals surface area contributed by atoms with Crippen molar-refractivity contribution in [3.63, 3.8) is 0 Å². The minimum absolute atomic E-state index is 0.0366. The Morgan fingerprint density at radius 3 is 2.64 bits per heavy atom. The van der Waals surface area contributed by atoms with E-state index in [4.69, 9.17) is 14.8 Å². The average molecular weight is 497 g/mol. The van der Waals surface area contributed by atoms with Crippen LogP contribution in [-0.2, 0) is 16.6 Å². The van der Waals surface area contributed by atoms with E-state index in [1.807, 2.05) is 25.1 Å². The Bertz CT molecular complexity index is 1310. The summed E-state index contributed by atoms with van der Waals surface area (Å²) in [5.74, 6) is 0.369. The molecule has 0 spiro atoms. The predicted octanol–water partition coefficient (Wildman–Crippen LogP) is 3.95. The maximum Gasteiger partial charge on any atom is 0.586 e. The van der Waals surface area contributed by atoms with Crippen molar-refractivity contribution in [3.8, 4) is 28.5 Å². The summed E-state index contributed by atoms with van der Waals surface area (Å²) in [6.45, 7) is 1.49. The van der Waals surface area contributed by atoms with Crippen molar-refractivity contribution in [2.24, 2.45) is 0 Å². The third-order valence-corrected chi connectivity index (χ3v) is 6.49. The summed E-state index contributed by atoms with van der Waals surface area (Å²) in [6, 6.07) is 15.4. The maximum absolute atomic E-state index is 13.4. The zero-order valence-electron chi connectivity index (χ0n) is 19.5. The molecule has 1 aliphatic carbocycles. The first-order valence-corrected chi connectivity index (χ1v) is 11.6. The number of Topliss-reactive ketones (excluding diaryl/α,β-unsaturated/α-hetero) is 1. The highest BCUT2D eigenvalue weighted by Crippen LogP contribution is 2.52. The first kappa shape index (κ1) is 24.1. The van der Waals surface area contributed by atoms with Crippen LogP contribution in [0.25, 0.3) is 11.3 Å². The fourth-order valence-corrected chi connectivity index (χ4v) is 4.37. The van der Waals surface area contributed by atoms with Gasteiger partial charge in [-0.2, -0.15) is 0 Å². The molecule has 0 bridgehead atoms. The number of halogens is 2. The van der Waals surface area contributed by atoms with E-state index in [2.05, 4.69) is 9.47 Å². The lowest BCUT2D eigenvalue weighted by molar-refractivity contribution is -0.286. The number of carbonyl (C=O) groups is 1. The Morgan fingerprint density at radius 1 is 1.11 bits per heavy atom. The van der Waals surface area contributed by atoms with Crippen LogP contribution in [0, 0.1) is 6.92 Å². The highest BCUT2D eigenvalue weighted by Gasteiger charge is 2.52. The van der Waals surface area contributed by atoms with Gasteiger partial charge in [-0.3, -0.25) is 9.78 Å². The summed E-state index contributed by atoms with van der Waals surface area (Å²) in [5, 5.41) is 18.5. The van der Waals surface area contributed by atoms with Crippen molar-refractivity contribution in [1.82, 2.24) is 4.98 Å². The van der Waals surface area contributed by atoms with E-state index in [9.17, 15) is 18.7 Å². The second kappa shape index (κ2) is 9.15. The summed E-state index contributed by atoms with van der Waals surface area (Å²) in [4.78, 5) is 18.1. The smallest absolute Gasteiger partial charge is 0.491 e. The van der Waals surface area contributed by atoms with Crippen LogP contribution in [0.3, 0.4) is 0 Å². The van der Waals surface area contributed by atoms with Crippen LogP contribution in [0.5, 0.6) is 17.2 Å². The molecule has 2 aliphatic rings. The molecular formula is C27H25F2NO6. The van der Waals surface area contributed by atoms with E-state index in [1.165, 1.54) is 12.1 Å². The van der Waals surface area contributed by atoms with Crippen LogP contribution < -0.4 is 14.2 Å². The summed E-state index contributed by atoms with van der Waals surface area (Å²) in [5.41, 5.74) is 2.89. The molecule has 7 nitrogen and oxygen atoms in total. The molecule has 9 heteroatoms. The zero-order valence-corrected chi connectivity index (χ0v) is 19.5. The predicted molar refractivity (Wildman–Crippen MR) is 125 cm³/mol. The summed E-state index contributed by atoms with van der Waals surface area (Å²) >= 11 is 0. The SMILES string of the molecule is Cc1ccc(CC(=O)C2(c3ccc4c(c3)OC(F)(F)O4)CC2)nc1-c1cccc(OC[C@H](O)CO)c1. The van der Waals surface area contributed by atoms with Gasteiger partial charge in [0.05, 0.1) is 17.7 Å². The van der Waals surface area contributed by atoms with Crippen LogP contribution in [0.2, 0.25) is 0 Å². The second-order valence-corrected chi connectivity index (χ2v) is 9.15. The molecule has 2 aromatic carbocycles. The standard InChI is InChI=1S/C27H25F2NO6/c1-16-5-7-19(30-25(16)17-3-2-4-21(11-17)34-15-20(32)14-31)13-24(33)26(9-10-26)18-6-8-22-23(12-18)36-27(28,29)35-22/h2-8,11-12,20,31-32H,9-10,13-15H2,1H3/t20-/m1/s1. The normalized spacial score (nSPS) is 17.5. The Hall–Kier alpha value is -3.56. The molecule has 36 heavy (non-hydrogen) atoms. The third-order valence-electron chi connectivity index (χ3n) is 6.49. The number of aromatic nitrogens is 1. The Balaban J connectivity index is 1.34. The molecule has 1 fully saturated rings. The molecule has 1 saturated carbocycles. The van der Waals surface area contributed by atoms with Crippen molar-refractivity contribution < 1.29 is 38.0 Å². The molecule has 188 valence electrons. The van der Waals surface area contributed by atoms with Gasteiger partial charge in [0.15, 0.2) is 11.5 Å². The molecule has 0 unspecified atom stereocenters. The number of aliphatic hydroxyl groups is 2. The van der Waals surface area contributed by atoms with Crippen molar-refractivity contribution in [2.45, 2.75) is 44.0 Å². The van der Waals surface area contributed by atoms with Gasteiger partial charge in [0.2, 0.25) is 0 Å². The van der Waals surface area contributed by atoms with Gasteiger partial charge in [0.25, 0.3) is 0 Å². The number of hydrogen-bond donors (Lipinski definition) is 2. The first-order valence-electron chi connectivity index (χ1n) is 11.6. The van der Waals surface area contributed by atoms with Crippen molar-refractivity contribution in [1.29, 1.82) is 0 Å². The number of nitrogens with zero attached hydrogens (tertiary/aromatic N) is 1. The molecule has 0 amide bonds. The number of ketones is 1. The Morgan fingerprint density at radius 2 is 1.89 bits per heavy atom. The second-order valence-electron chi connectivity index (χ2n) is 9.15. The number of benzene rings is 2. The first-order chi connectivity index (χ1) is 17.2.